The number of hydrogen-bond acceptors (Lipinski definition) is 3. The standard InChI is InChI=1S/C23H18F3N3O2/c1-14(30)27-18-7-2-15(3-8-18)16-4-11-20-21(12-16)29-22(28-20)13-31-19-9-5-17(6-10-19)23(24,25)26/h2-12H,13H2,1H3,(H,27,30)(H,28,29). The Hall–Kier alpha value is -3.81. The second kappa shape index (κ2) is 8.14. The molecule has 0 unspecified atom stereocenters. The van der Waals surface area contributed by atoms with E-state index < -0.39 is 11.7 Å². The minimum atomic E-state index is -4.38. The zero-order chi connectivity index (χ0) is 22.0. The summed E-state index contributed by atoms with van der Waals surface area (Å²) in [6, 6.07) is 17.8. The predicted molar refractivity (Wildman–Crippen MR) is 112 cm³/mol. The van der Waals surface area contributed by atoms with Crippen LogP contribution in [-0.2, 0) is 17.6 Å². The minimum Gasteiger partial charge on any atom is -0.486 e. The van der Waals surface area contributed by atoms with Crippen molar-refractivity contribution in [1.82, 2.24) is 9.97 Å². The molecule has 0 saturated heterocycles. The molecule has 0 aliphatic rings. The average Bonchev–Trinajstić information content (AvgIpc) is 3.14. The fourth-order valence-corrected chi connectivity index (χ4v) is 3.15. The van der Waals surface area contributed by atoms with Crippen LogP contribution in [0.15, 0.2) is 66.7 Å². The monoisotopic (exact) mass is 425 g/mol. The highest BCUT2D eigenvalue weighted by atomic mass is 19.4. The largest absolute Gasteiger partial charge is 0.486 e. The van der Waals surface area contributed by atoms with Gasteiger partial charge in [-0.3, -0.25) is 4.79 Å². The lowest BCUT2D eigenvalue weighted by Gasteiger charge is -2.08. The first-order valence-corrected chi connectivity index (χ1v) is 9.45. The van der Waals surface area contributed by atoms with Crippen molar-refractivity contribution >= 4 is 22.6 Å². The molecule has 1 aromatic heterocycles. The number of nitrogens with zero attached hydrogens (tertiary/aromatic N) is 1. The van der Waals surface area contributed by atoms with Crippen molar-refractivity contribution in [3.8, 4) is 16.9 Å². The summed E-state index contributed by atoms with van der Waals surface area (Å²) in [7, 11) is 0. The second-order valence-corrected chi connectivity index (χ2v) is 6.98. The topological polar surface area (TPSA) is 67.0 Å². The summed E-state index contributed by atoms with van der Waals surface area (Å²) in [5, 5.41) is 2.73. The van der Waals surface area contributed by atoms with Crippen LogP contribution >= 0.6 is 0 Å². The molecule has 8 heteroatoms. The molecule has 158 valence electrons. The highest BCUT2D eigenvalue weighted by Gasteiger charge is 2.30. The predicted octanol–water partition coefficient (Wildman–Crippen LogP) is 5.79. The van der Waals surface area contributed by atoms with Crippen molar-refractivity contribution in [3.05, 3.63) is 78.1 Å². The number of anilines is 1. The third-order valence-electron chi connectivity index (χ3n) is 4.63. The van der Waals surface area contributed by atoms with E-state index in [1.54, 1.807) is 0 Å². The fourth-order valence-electron chi connectivity index (χ4n) is 3.15. The molecule has 5 nitrogen and oxygen atoms in total. The highest BCUT2D eigenvalue weighted by molar-refractivity contribution is 5.89. The normalized spacial score (nSPS) is 11.5. The smallest absolute Gasteiger partial charge is 0.416 e. The molecule has 0 saturated carbocycles. The number of aromatic amines is 1. The van der Waals surface area contributed by atoms with Gasteiger partial charge >= 0.3 is 6.18 Å². The van der Waals surface area contributed by atoms with Crippen molar-refractivity contribution in [2.24, 2.45) is 0 Å². The van der Waals surface area contributed by atoms with E-state index in [0.29, 0.717) is 11.6 Å². The lowest BCUT2D eigenvalue weighted by Crippen LogP contribution is -2.05. The maximum atomic E-state index is 12.6. The number of rotatable bonds is 5. The number of ether oxygens (including phenoxy) is 1. The summed E-state index contributed by atoms with van der Waals surface area (Å²) in [5.74, 6) is 0.763. The van der Waals surface area contributed by atoms with E-state index in [2.05, 4.69) is 15.3 Å². The van der Waals surface area contributed by atoms with Gasteiger partial charge in [0.05, 0.1) is 16.6 Å². The quantitative estimate of drug-likeness (QED) is 0.426. The Labute approximate surface area is 175 Å². The van der Waals surface area contributed by atoms with Gasteiger partial charge in [-0.1, -0.05) is 18.2 Å². The molecule has 0 spiro atoms. The summed E-state index contributed by atoms with van der Waals surface area (Å²) in [6.45, 7) is 1.56. The van der Waals surface area contributed by atoms with Gasteiger partial charge in [-0.2, -0.15) is 13.2 Å². The van der Waals surface area contributed by atoms with Crippen LogP contribution < -0.4 is 10.1 Å². The molecule has 0 bridgehead atoms. The molecule has 1 amide bonds. The highest BCUT2D eigenvalue weighted by Crippen LogP contribution is 2.30. The fraction of sp³-hybridized carbons (Fsp3) is 0.130. The number of halogens is 3. The maximum Gasteiger partial charge on any atom is 0.416 e. The third kappa shape index (κ3) is 4.85. The third-order valence-corrected chi connectivity index (χ3v) is 4.63. The molecule has 31 heavy (non-hydrogen) atoms. The number of imidazole rings is 1. The Morgan fingerprint density at radius 3 is 2.32 bits per heavy atom. The van der Waals surface area contributed by atoms with E-state index in [-0.39, 0.29) is 12.5 Å². The van der Waals surface area contributed by atoms with E-state index in [1.807, 2.05) is 42.5 Å². The Balaban J connectivity index is 1.47. The van der Waals surface area contributed by atoms with E-state index in [1.165, 1.54) is 19.1 Å². The number of amides is 1. The molecular formula is C23H18F3N3O2. The van der Waals surface area contributed by atoms with Crippen molar-refractivity contribution in [1.29, 1.82) is 0 Å². The number of aromatic nitrogens is 2. The number of hydrogen-bond donors (Lipinski definition) is 2. The van der Waals surface area contributed by atoms with E-state index >= 15 is 0 Å². The Bertz CT molecular complexity index is 1210. The van der Waals surface area contributed by atoms with Gasteiger partial charge in [0.15, 0.2) is 0 Å². The summed E-state index contributed by atoms with van der Waals surface area (Å²) in [5.41, 5.74) is 3.52. The van der Waals surface area contributed by atoms with Gasteiger partial charge in [0.25, 0.3) is 0 Å². The molecule has 3 aromatic carbocycles. The van der Waals surface area contributed by atoms with Gasteiger partial charge in [-0.15, -0.1) is 0 Å². The molecule has 0 radical (unpaired) electrons. The summed E-state index contributed by atoms with van der Waals surface area (Å²) in [6.07, 6.45) is -4.38. The molecule has 0 aliphatic carbocycles. The summed E-state index contributed by atoms with van der Waals surface area (Å²) >= 11 is 0. The number of carbonyl (C=O) groups is 1. The van der Waals surface area contributed by atoms with Crippen molar-refractivity contribution < 1.29 is 22.7 Å². The van der Waals surface area contributed by atoms with E-state index in [4.69, 9.17) is 4.74 Å². The Morgan fingerprint density at radius 1 is 1.00 bits per heavy atom. The van der Waals surface area contributed by atoms with Gasteiger partial charge in [0, 0.05) is 12.6 Å². The second-order valence-electron chi connectivity index (χ2n) is 6.98. The summed E-state index contributed by atoms with van der Waals surface area (Å²) < 4.78 is 43.5. The lowest BCUT2D eigenvalue weighted by atomic mass is 10.0. The number of H-pyrrole nitrogens is 1. The zero-order valence-electron chi connectivity index (χ0n) is 16.5. The van der Waals surface area contributed by atoms with Crippen molar-refractivity contribution in [2.45, 2.75) is 19.7 Å². The van der Waals surface area contributed by atoms with Crippen LogP contribution in [0.1, 0.15) is 18.3 Å². The van der Waals surface area contributed by atoms with Gasteiger partial charge < -0.3 is 15.0 Å². The maximum absolute atomic E-state index is 12.6. The lowest BCUT2D eigenvalue weighted by molar-refractivity contribution is -0.137. The minimum absolute atomic E-state index is 0.0980. The van der Waals surface area contributed by atoms with Gasteiger partial charge in [-0.25, -0.2) is 4.98 Å². The SMILES string of the molecule is CC(=O)Nc1ccc(-c2ccc3nc(COc4ccc(C(F)(F)F)cc4)[nH]c3c2)cc1. The Morgan fingerprint density at radius 2 is 1.68 bits per heavy atom. The molecule has 0 fully saturated rings. The van der Waals surface area contributed by atoms with E-state index in [9.17, 15) is 18.0 Å². The summed E-state index contributed by atoms with van der Waals surface area (Å²) in [4.78, 5) is 18.8. The van der Waals surface area contributed by atoms with Crippen LogP contribution in [0, 0.1) is 0 Å². The number of alkyl halides is 3. The van der Waals surface area contributed by atoms with Crippen molar-refractivity contribution in [3.63, 3.8) is 0 Å². The number of carbonyl (C=O) groups excluding carboxylic acids is 1. The van der Waals surface area contributed by atoms with Crippen LogP contribution in [0.25, 0.3) is 22.2 Å². The van der Waals surface area contributed by atoms with Crippen LogP contribution in [-0.4, -0.2) is 15.9 Å². The Kier molecular flexibility index (Phi) is 5.37. The van der Waals surface area contributed by atoms with E-state index in [0.717, 1.165) is 40.0 Å². The number of nitrogens with one attached hydrogen (secondary N) is 2. The molecule has 1 heterocycles. The van der Waals surface area contributed by atoms with Gasteiger partial charge in [0.1, 0.15) is 18.2 Å². The van der Waals surface area contributed by atoms with Gasteiger partial charge in [0.2, 0.25) is 5.91 Å². The molecule has 0 atom stereocenters. The molecular weight excluding hydrogens is 407 g/mol. The van der Waals surface area contributed by atoms with Crippen LogP contribution in [0.2, 0.25) is 0 Å². The first kappa shape index (κ1) is 20.5. The zero-order valence-corrected chi connectivity index (χ0v) is 16.5. The average molecular weight is 425 g/mol. The van der Waals surface area contributed by atoms with Crippen LogP contribution in [0.5, 0.6) is 5.75 Å². The van der Waals surface area contributed by atoms with Gasteiger partial charge in [-0.05, 0) is 59.7 Å². The molecule has 0 aliphatic heterocycles. The number of fused-ring (bicyclic) bond motifs is 1. The van der Waals surface area contributed by atoms with Crippen LogP contribution in [0.3, 0.4) is 0 Å². The van der Waals surface area contributed by atoms with Crippen molar-refractivity contribution in [2.75, 3.05) is 5.32 Å². The van der Waals surface area contributed by atoms with Crippen LogP contribution in [0.4, 0.5) is 18.9 Å². The molecule has 2 N–H and O–H groups in total. The molecule has 4 aromatic rings. The molecule has 4 rings (SSSR count). The number of benzene rings is 3. The first-order valence-electron chi connectivity index (χ1n) is 9.45. The first-order chi connectivity index (χ1) is 14.8.